The summed E-state index contributed by atoms with van der Waals surface area (Å²) >= 11 is 0. The Kier molecular flexibility index (Phi) is 3.55. The van der Waals surface area contributed by atoms with Gasteiger partial charge in [-0.25, -0.2) is 0 Å². The van der Waals surface area contributed by atoms with Gasteiger partial charge in [-0.3, -0.25) is 0 Å². The van der Waals surface area contributed by atoms with Crippen LogP contribution in [0.15, 0.2) is 16.7 Å². The molecule has 0 aliphatic heterocycles. The fraction of sp³-hybridized carbons (Fsp3) is 0.636. The molecule has 1 heterocycles. The van der Waals surface area contributed by atoms with Gasteiger partial charge in [0.05, 0.1) is 12.3 Å². The summed E-state index contributed by atoms with van der Waals surface area (Å²) in [5, 5.41) is 3.28. The molecule has 0 bridgehead atoms. The maximum atomic E-state index is 5.46. The van der Waals surface area contributed by atoms with Gasteiger partial charge in [0.1, 0.15) is 5.76 Å². The molecule has 1 unspecified atom stereocenters. The summed E-state index contributed by atoms with van der Waals surface area (Å²) in [7, 11) is 1.98. The van der Waals surface area contributed by atoms with E-state index in [4.69, 9.17) is 4.42 Å². The molecule has 0 spiro atoms. The Morgan fingerprint density at radius 1 is 1.46 bits per heavy atom. The van der Waals surface area contributed by atoms with Crippen molar-refractivity contribution in [3.05, 3.63) is 23.7 Å². The SMILES string of the molecule is CNC(CC(C)C)c1occc1C. The van der Waals surface area contributed by atoms with Gasteiger partial charge in [0, 0.05) is 0 Å². The van der Waals surface area contributed by atoms with Crippen molar-refractivity contribution in [3.63, 3.8) is 0 Å². The summed E-state index contributed by atoms with van der Waals surface area (Å²) in [5.41, 5.74) is 1.24. The van der Waals surface area contributed by atoms with E-state index >= 15 is 0 Å². The van der Waals surface area contributed by atoms with E-state index in [-0.39, 0.29) is 0 Å². The van der Waals surface area contributed by atoms with Crippen LogP contribution in [-0.2, 0) is 0 Å². The van der Waals surface area contributed by atoms with E-state index in [9.17, 15) is 0 Å². The topological polar surface area (TPSA) is 25.2 Å². The van der Waals surface area contributed by atoms with Gasteiger partial charge in [-0.05, 0) is 37.9 Å². The molecule has 1 aromatic rings. The highest BCUT2D eigenvalue weighted by molar-refractivity contribution is 5.18. The van der Waals surface area contributed by atoms with Crippen LogP contribution >= 0.6 is 0 Å². The first kappa shape index (κ1) is 10.3. The Morgan fingerprint density at radius 2 is 2.15 bits per heavy atom. The highest BCUT2D eigenvalue weighted by atomic mass is 16.3. The zero-order valence-electron chi connectivity index (χ0n) is 8.92. The van der Waals surface area contributed by atoms with Crippen LogP contribution in [-0.4, -0.2) is 7.05 Å². The molecule has 0 aliphatic rings. The third-order valence-electron chi connectivity index (χ3n) is 2.27. The fourth-order valence-electron chi connectivity index (χ4n) is 1.57. The van der Waals surface area contributed by atoms with Crippen molar-refractivity contribution in [2.24, 2.45) is 5.92 Å². The Labute approximate surface area is 80.3 Å². The standard InChI is InChI=1S/C11H19NO/c1-8(2)7-10(12-4)11-9(3)5-6-13-11/h5-6,8,10,12H,7H2,1-4H3. The van der Waals surface area contributed by atoms with Crippen molar-refractivity contribution in [2.45, 2.75) is 33.2 Å². The highest BCUT2D eigenvalue weighted by Gasteiger charge is 2.15. The van der Waals surface area contributed by atoms with Gasteiger partial charge in [0.15, 0.2) is 0 Å². The first-order valence-electron chi connectivity index (χ1n) is 4.86. The predicted molar refractivity (Wildman–Crippen MR) is 54.7 cm³/mol. The number of aryl methyl sites for hydroxylation is 1. The van der Waals surface area contributed by atoms with Crippen molar-refractivity contribution in [1.82, 2.24) is 5.32 Å². The summed E-state index contributed by atoms with van der Waals surface area (Å²) in [5.74, 6) is 1.76. The second kappa shape index (κ2) is 4.47. The summed E-state index contributed by atoms with van der Waals surface area (Å²) in [6, 6.07) is 2.37. The number of rotatable bonds is 4. The smallest absolute Gasteiger partial charge is 0.123 e. The third-order valence-corrected chi connectivity index (χ3v) is 2.27. The molecule has 0 radical (unpaired) electrons. The van der Waals surface area contributed by atoms with Crippen LogP contribution in [0.3, 0.4) is 0 Å². The molecular formula is C11H19NO. The number of hydrogen-bond donors (Lipinski definition) is 1. The predicted octanol–water partition coefficient (Wildman–Crippen LogP) is 2.89. The first-order valence-corrected chi connectivity index (χ1v) is 4.86. The van der Waals surface area contributed by atoms with Crippen molar-refractivity contribution >= 4 is 0 Å². The van der Waals surface area contributed by atoms with E-state index in [2.05, 4.69) is 26.1 Å². The van der Waals surface area contributed by atoms with Crippen LogP contribution < -0.4 is 5.32 Å². The molecule has 0 aromatic carbocycles. The summed E-state index contributed by atoms with van der Waals surface area (Å²) < 4.78 is 5.46. The quantitative estimate of drug-likeness (QED) is 0.772. The van der Waals surface area contributed by atoms with E-state index in [0.717, 1.165) is 12.2 Å². The van der Waals surface area contributed by atoms with Gasteiger partial charge in [-0.2, -0.15) is 0 Å². The molecule has 0 saturated carbocycles. The van der Waals surface area contributed by atoms with Crippen molar-refractivity contribution in [3.8, 4) is 0 Å². The Bertz CT molecular complexity index is 252. The Hall–Kier alpha value is -0.760. The molecule has 0 fully saturated rings. The van der Waals surface area contributed by atoms with Gasteiger partial charge in [-0.1, -0.05) is 13.8 Å². The lowest BCUT2D eigenvalue weighted by atomic mass is 10.0. The van der Waals surface area contributed by atoms with Crippen LogP contribution in [0.25, 0.3) is 0 Å². The average Bonchev–Trinajstić information content (AvgIpc) is 2.47. The van der Waals surface area contributed by atoms with Gasteiger partial charge in [-0.15, -0.1) is 0 Å². The zero-order chi connectivity index (χ0) is 9.84. The molecule has 2 heteroatoms. The molecule has 13 heavy (non-hydrogen) atoms. The lowest BCUT2D eigenvalue weighted by Crippen LogP contribution is -2.18. The number of furan rings is 1. The average molecular weight is 181 g/mol. The van der Waals surface area contributed by atoms with Gasteiger partial charge in [0.25, 0.3) is 0 Å². The zero-order valence-corrected chi connectivity index (χ0v) is 8.92. The van der Waals surface area contributed by atoms with Crippen molar-refractivity contribution in [2.75, 3.05) is 7.05 Å². The van der Waals surface area contributed by atoms with Crippen molar-refractivity contribution in [1.29, 1.82) is 0 Å². The van der Waals surface area contributed by atoms with Gasteiger partial charge in [0.2, 0.25) is 0 Å². The molecule has 2 nitrogen and oxygen atoms in total. The van der Waals surface area contributed by atoms with E-state index < -0.39 is 0 Å². The van der Waals surface area contributed by atoms with Gasteiger partial charge < -0.3 is 9.73 Å². The van der Waals surface area contributed by atoms with Crippen LogP contribution in [0.5, 0.6) is 0 Å². The summed E-state index contributed by atoms with van der Waals surface area (Å²) in [6.07, 6.45) is 2.88. The lowest BCUT2D eigenvalue weighted by Gasteiger charge is -2.16. The first-order chi connectivity index (χ1) is 6.15. The second-order valence-electron chi connectivity index (χ2n) is 3.94. The van der Waals surface area contributed by atoms with E-state index in [1.807, 2.05) is 13.1 Å². The molecular weight excluding hydrogens is 162 g/mol. The van der Waals surface area contributed by atoms with Crippen LogP contribution in [0, 0.1) is 12.8 Å². The minimum Gasteiger partial charge on any atom is -0.467 e. The van der Waals surface area contributed by atoms with Crippen LogP contribution in [0.4, 0.5) is 0 Å². The molecule has 1 aromatic heterocycles. The van der Waals surface area contributed by atoms with Crippen molar-refractivity contribution < 1.29 is 4.42 Å². The maximum absolute atomic E-state index is 5.46. The maximum Gasteiger partial charge on any atom is 0.123 e. The summed E-state index contributed by atoms with van der Waals surface area (Å²) in [4.78, 5) is 0. The monoisotopic (exact) mass is 181 g/mol. The van der Waals surface area contributed by atoms with Crippen LogP contribution in [0.1, 0.15) is 37.6 Å². The molecule has 74 valence electrons. The van der Waals surface area contributed by atoms with Gasteiger partial charge >= 0.3 is 0 Å². The highest BCUT2D eigenvalue weighted by Crippen LogP contribution is 2.24. The minimum atomic E-state index is 0.356. The fourth-order valence-corrected chi connectivity index (χ4v) is 1.57. The number of nitrogens with one attached hydrogen (secondary N) is 1. The molecule has 1 N–H and O–H groups in total. The molecule has 1 rings (SSSR count). The third kappa shape index (κ3) is 2.59. The second-order valence-corrected chi connectivity index (χ2v) is 3.94. The van der Waals surface area contributed by atoms with Crippen LogP contribution in [0.2, 0.25) is 0 Å². The molecule has 1 atom stereocenters. The summed E-state index contributed by atoms with van der Waals surface area (Å²) in [6.45, 7) is 6.54. The van der Waals surface area contributed by atoms with E-state index in [1.54, 1.807) is 6.26 Å². The minimum absolute atomic E-state index is 0.356. The lowest BCUT2D eigenvalue weighted by molar-refractivity contribution is 0.376. The Balaban J connectivity index is 2.72. The van der Waals surface area contributed by atoms with E-state index in [1.165, 1.54) is 5.56 Å². The van der Waals surface area contributed by atoms with E-state index in [0.29, 0.717) is 12.0 Å². The molecule has 0 saturated heterocycles. The largest absolute Gasteiger partial charge is 0.467 e. The molecule has 0 amide bonds. The molecule has 0 aliphatic carbocycles. The normalized spacial score (nSPS) is 13.6. The Morgan fingerprint density at radius 3 is 2.54 bits per heavy atom. The number of hydrogen-bond acceptors (Lipinski definition) is 2.